The van der Waals surface area contributed by atoms with Crippen molar-refractivity contribution < 1.29 is 55.7 Å². The molecule has 37 heavy (non-hydrogen) atoms. The van der Waals surface area contributed by atoms with Crippen molar-refractivity contribution in [2.75, 3.05) is 32.8 Å². The molecule has 1 saturated heterocycles. The molecule has 208 valence electrons. The summed E-state index contributed by atoms with van der Waals surface area (Å²) in [5.41, 5.74) is 1.95. The molecule has 2 aromatic rings. The standard InChI is InChI=1S/C17H24N4O2.2C2HF3O2/c1-2-3-7-18-17(22)16-19-14(13-20-9-11-23-12-10-20)15-6-4-5-8-21(15)16;2*3-2(4,5)1(6)7/h4-6,8H,2-3,7,9-13H2,1H3,(H,18,22);2*(H,6,7). The third-order valence-electron chi connectivity index (χ3n) is 4.61. The molecule has 0 radical (unpaired) electrons. The number of aromatic nitrogens is 2. The van der Waals surface area contributed by atoms with Crippen LogP contribution in [-0.4, -0.2) is 87.5 Å². The van der Waals surface area contributed by atoms with Gasteiger partial charge in [-0.05, 0) is 18.6 Å². The molecule has 3 N–H and O–H groups in total. The molecule has 0 atom stereocenters. The zero-order chi connectivity index (χ0) is 28.2. The molecule has 1 aliphatic rings. The van der Waals surface area contributed by atoms with Gasteiger partial charge in [0.25, 0.3) is 5.91 Å². The molecule has 0 aromatic carbocycles. The van der Waals surface area contributed by atoms with E-state index in [0.717, 1.165) is 56.9 Å². The van der Waals surface area contributed by atoms with E-state index in [1.54, 1.807) is 0 Å². The Morgan fingerprint density at radius 2 is 1.57 bits per heavy atom. The summed E-state index contributed by atoms with van der Waals surface area (Å²) in [7, 11) is 0. The molecule has 16 heteroatoms. The van der Waals surface area contributed by atoms with Gasteiger partial charge in [0.05, 0.1) is 24.4 Å². The van der Waals surface area contributed by atoms with Crippen LogP contribution in [0.25, 0.3) is 5.52 Å². The van der Waals surface area contributed by atoms with Crippen molar-refractivity contribution in [1.29, 1.82) is 0 Å². The number of halogens is 6. The second kappa shape index (κ2) is 14.4. The highest BCUT2D eigenvalue weighted by Gasteiger charge is 2.38. The number of alkyl halides is 6. The first-order valence-corrected chi connectivity index (χ1v) is 10.8. The zero-order valence-corrected chi connectivity index (χ0v) is 19.6. The Morgan fingerprint density at radius 3 is 2.05 bits per heavy atom. The van der Waals surface area contributed by atoms with E-state index < -0.39 is 24.3 Å². The number of unbranched alkanes of at least 4 members (excludes halogenated alkanes) is 1. The summed E-state index contributed by atoms with van der Waals surface area (Å²) < 4.78 is 70.8. The first kappa shape index (κ1) is 31.6. The number of ether oxygens (including phenoxy) is 1. The summed E-state index contributed by atoms with van der Waals surface area (Å²) in [6, 6.07) is 5.93. The quantitative estimate of drug-likeness (QED) is 0.374. The molecule has 0 bridgehead atoms. The number of aliphatic carboxylic acids is 2. The summed E-state index contributed by atoms with van der Waals surface area (Å²) in [5.74, 6) is -5.15. The molecule has 10 nitrogen and oxygen atoms in total. The summed E-state index contributed by atoms with van der Waals surface area (Å²) in [6.07, 6.45) is -6.22. The number of morpholine rings is 1. The molecular formula is C21H26F6N4O6. The number of rotatable bonds is 6. The van der Waals surface area contributed by atoms with E-state index in [2.05, 4.69) is 22.1 Å². The molecule has 3 rings (SSSR count). The van der Waals surface area contributed by atoms with Crippen molar-refractivity contribution >= 4 is 23.4 Å². The molecule has 1 fully saturated rings. The predicted molar refractivity (Wildman–Crippen MR) is 116 cm³/mol. The molecule has 0 spiro atoms. The third-order valence-corrected chi connectivity index (χ3v) is 4.61. The average molecular weight is 544 g/mol. The van der Waals surface area contributed by atoms with E-state index in [0.29, 0.717) is 12.4 Å². The number of carbonyl (C=O) groups excluding carboxylic acids is 1. The summed E-state index contributed by atoms with van der Waals surface area (Å²) in [6.45, 7) is 6.88. The number of carboxylic acids is 2. The smallest absolute Gasteiger partial charge is 0.475 e. The molecule has 1 aliphatic heterocycles. The first-order chi connectivity index (χ1) is 17.2. The molecule has 2 aromatic heterocycles. The number of hydrogen-bond acceptors (Lipinski definition) is 6. The van der Waals surface area contributed by atoms with Crippen LogP contribution in [0.3, 0.4) is 0 Å². The predicted octanol–water partition coefficient (Wildman–Crippen LogP) is 2.96. The minimum Gasteiger partial charge on any atom is -0.475 e. The lowest BCUT2D eigenvalue weighted by Gasteiger charge is -2.25. The van der Waals surface area contributed by atoms with Crippen molar-refractivity contribution in [3.63, 3.8) is 0 Å². The summed E-state index contributed by atoms with van der Waals surface area (Å²) in [4.78, 5) is 37.2. The normalized spacial score (nSPS) is 14.1. The van der Waals surface area contributed by atoms with Gasteiger partial charge in [0.2, 0.25) is 5.82 Å². The van der Waals surface area contributed by atoms with E-state index in [1.807, 2.05) is 28.8 Å². The summed E-state index contributed by atoms with van der Waals surface area (Å²) >= 11 is 0. The largest absolute Gasteiger partial charge is 0.490 e. The molecular weight excluding hydrogens is 518 g/mol. The van der Waals surface area contributed by atoms with E-state index in [-0.39, 0.29) is 5.91 Å². The molecule has 0 saturated carbocycles. The lowest BCUT2D eigenvalue weighted by Crippen LogP contribution is -2.35. The maximum absolute atomic E-state index is 12.4. The molecule has 0 aliphatic carbocycles. The SMILES string of the molecule is CCCCNC(=O)c1nc(CN2CCOCC2)c2ccccn12.O=C(O)C(F)(F)F.O=C(O)C(F)(F)F. The van der Waals surface area contributed by atoms with Gasteiger partial charge in [-0.1, -0.05) is 19.4 Å². The summed E-state index contributed by atoms with van der Waals surface area (Å²) in [5, 5.41) is 17.2. The fraction of sp³-hybridized carbons (Fsp3) is 0.524. The highest BCUT2D eigenvalue weighted by molar-refractivity contribution is 5.92. The Balaban J connectivity index is 0.000000404. The van der Waals surface area contributed by atoms with E-state index in [4.69, 9.17) is 24.5 Å². The van der Waals surface area contributed by atoms with E-state index in [1.165, 1.54) is 0 Å². The van der Waals surface area contributed by atoms with Gasteiger partial charge in [-0.2, -0.15) is 26.3 Å². The van der Waals surface area contributed by atoms with Crippen LogP contribution in [0.1, 0.15) is 36.1 Å². The van der Waals surface area contributed by atoms with Gasteiger partial charge in [0.15, 0.2) is 0 Å². The molecule has 1 amide bonds. The van der Waals surface area contributed by atoms with Gasteiger partial charge in [-0.15, -0.1) is 0 Å². The van der Waals surface area contributed by atoms with Gasteiger partial charge in [0, 0.05) is 32.4 Å². The number of pyridine rings is 1. The maximum atomic E-state index is 12.4. The Hall–Kier alpha value is -3.40. The number of carboxylic acid groups (broad SMARTS) is 2. The topological polar surface area (TPSA) is 133 Å². The Labute approximate surface area is 206 Å². The number of carbonyl (C=O) groups is 3. The minimum atomic E-state index is -5.08. The highest BCUT2D eigenvalue weighted by atomic mass is 19.4. The van der Waals surface area contributed by atoms with Crippen LogP contribution in [0, 0.1) is 0 Å². The lowest BCUT2D eigenvalue weighted by atomic mass is 10.3. The monoisotopic (exact) mass is 544 g/mol. The van der Waals surface area contributed by atoms with Crippen molar-refractivity contribution in [2.24, 2.45) is 0 Å². The van der Waals surface area contributed by atoms with E-state index >= 15 is 0 Å². The van der Waals surface area contributed by atoms with Crippen molar-refractivity contribution in [1.82, 2.24) is 19.6 Å². The van der Waals surface area contributed by atoms with Crippen molar-refractivity contribution in [3.05, 3.63) is 35.9 Å². The third kappa shape index (κ3) is 11.0. The van der Waals surface area contributed by atoms with Gasteiger partial charge < -0.3 is 20.3 Å². The number of imidazole rings is 1. The van der Waals surface area contributed by atoms with Gasteiger partial charge in [-0.3, -0.25) is 14.1 Å². The Morgan fingerprint density at radius 1 is 1.03 bits per heavy atom. The number of hydrogen-bond donors (Lipinski definition) is 3. The minimum absolute atomic E-state index is 0.104. The highest BCUT2D eigenvalue weighted by Crippen LogP contribution is 2.16. The zero-order valence-electron chi connectivity index (χ0n) is 19.6. The Bertz CT molecular complexity index is 1010. The van der Waals surface area contributed by atoms with Crippen LogP contribution in [0.15, 0.2) is 24.4 Å². The van der Waals surface area contributed by atoms with Crippen LogP contribution in [-0.2, 0) is 20.9 Å². The number of nitrogens with zero attached hydrogens (tertiary/aromatic N) is 3. The van der Waals surface area contributed by atoms with Crippen LogP contribution in [0.2, 0.25) is 0 Å². The fourth-order valence-corrected chi connectivity index (χ4v) is 2.81. The van der Waals surface area contributed by atoms with Gasteiger partial charge >= 0.3 is 24.3 Å². The van der Waals surface area contributed by atoms with Gasteiger partial charge in [-0.25, -0.2) is 14.6 Å². The second-order valence-corrected chi connectivity index (χ2v) is 7.44. The number of nitrogens with one attached hydrogen (secondary N) is 1. The average Bonchev–Trinajstić information content (AvgIpc) is 3.18. The number of fused-ring (bicyclic) bond motifs is 1. The second-order valence-electron chi connectivity index (χ2n) is 7.44. The first-order valence-electron chi connectivity index (χ1n) is 10.8. The van der Waals surface area contributed by atoms with Crippen LogP contribution in [0.5, 0.6) is 0 Å². The van der Waals surface area contributed by atoms with Crippen molar-refractivity contribution in [2.45, 2.75) is 38.7 Å². The Kier molecular flexibility index (Phi) is 12.3. The fourth-order valence-electron chi connectivity index (χ4n) is 2.81. The van der Waals surface area contributed by atoms with Crippen LogP contribution >= 0.6 is 0 Å². The van der Waals surface area contributed by atoms with E-state index in [9.17, 15) is 31.1 Å². The van der Waals surface area contributed by atoms with Crippen LogP contribution < -0.4 is 5.32 Å². The number of amides is 1. The maximum Gasteiger partial charge on any atom is 0.490 e. The molecule has 3 heterocycles. The van der Waals surface area contributed by atoms with Gasteiger partial charge in [0.1, 0.15) is 0 Å². The van der Waals surface area contributed by atoms with Crippen LogP contribution in [0.4, 0.5) is 26.3 Å². The molecule has 0 unspecified atom stereocenters. The van der Waals surface area contributed by atoms with Crippen molar-refractivity contribution in [3.8, 4) is 0 Å². The lowest BCUT2D eigenvalue weighted by molar-refractivity contribution is -0.193.